The summed E-state index contributed by atoms with van der Waals surface area (Å²) in [5, 5.41) is 2.88. The van der Waals surface area contributed by atoms with E-state index in [-0.39, 0.29) is 17.4 Å². The normalized spacial score (nSPS) is 17.9. The largest absolute Gasteiger partial charge is 0.496 e. The van der Waals surface area contributed by atoms with Gasteiger partial charge >= 0.3 is 6.03 Å². The Bertz CT molecular complexity index is 848. The van der Waals surface area contributed by atoms with Crippen molar-refractivity contribution in [3.63, 3.8) is 0 Å². The highest BCUT2D eigenvalue weighted by atomic mass is 19.1. The standard InChI is InChI=1S/C22H25FN2O3/c1-27-19-7-3-5-17-8-13-28-22(20(17)19)9-11-25(12-10-22)21(26)24-15-16-4-2-6-18(23)14-16/h2-7,14H,8-13,15H2,1H3,(H,24,26). The Morgan fingerprint density at radius 2 is 2.04 bits per heavy atom. The molecular weight excluding hydrogens is 359 g/mol. The van der Waals surface area contributed by atoms with E-state index in [4.69, 9.17) is 9.47 Å². The summed E-state index contributed by atoms with van der Waals surface area (Å²) in [6.07, 6.45) is 2.34. The fraction of sp³-hybridized carbons (Fsp3) is 0.409. The molecule has 0 saturated carbocycles. The lowest BCUT2D eigenvalue weighted by atomic mass is 9.79. The Labute approximate surface area is 164 Å². The Balaban J connectivity index is 1.42. The zero-order valence-corrected chi connectivity index (χ0v) is 16.0. The molecule has 0 aromatic heterocycles. The molecule has 5 nitrogen and oxygen atoms in total. The van der Waals surface area contributed by atoms with Crippen molar-refractivity contribution in [1.29, 1.82) is 0 Å². The zero-order valence-electron chi connectivity index (χ0n) is 16.0. The maximum absolute atomic E-state index is 13.3. The second-order valence-corrected chi connectivity index (χ2v) is 7.36. The molecule has 2 aromatic carbocycles. The first-order valence-electron chi connectivity index (χ1n) is 9.69. The van der Waals surface area contributed by atoms with Gasteiger partial charge in [-0.15, -0.1) is 0 Å². The van der Waals surface area contributed by atoms with Crippen molar-refractivity contribution < 1.29 is 18.7 Å². The predicted octanol–water partition coefficient (Wildman–Crippen LogP) is 3.61. The van der Waals surface area contributed by atoms with E-state index in [9.17, 15) is 9.18 Å². The van der Waals surface area contributed by atoms with Gasteiger partial charge < -0.3 is 19.7 Å². The Hall–Kier alpha value is -2.60. The van der Waals surface area contributed by atoms with Crippen molar-refractivity contribution in [3.05, 3.63) is 65.0 Å². The average Bonchev–Trinajstić information content (AvgIpc) is 2.72. The Morgan fingerprint density at radius 1 is 1.25 bits per heavy atom. The van der Waals surface area contributed by atoms with Crippen molar-refractivity contribution in [2.24, 2.45) is 0 Å². The lowest BCUT2D eigenvalue weighted by molar-refractivity contribution is -0.0937. The number of carbonyl (C=O) groups excluding carboxylic acids is 1. The second kappa shape index (κ2) is 7.80. The fourth-order valence-corrected chi connectivity index (χ4v) is 4.30. The number of amides is 2. The van der Waals surface area contributed by atoms with Gasteiger partial charge in [-0.1, -0.05) is 24.3 Å². The number of hydrogen-bond acceptors (Lipinski definition) is 3. The number of urea groups is 1. The monoisotopic (exact) mass is 384 g/mol. The molecule has 0 unspecified atom stereocenters. The molecule has 148 valence electrons. The summed E-state index contributed by atoms with van der Waals surface area (Å²) in [5.74, 6) is 0.565. The van der Waals surface area contributed by atoms with Gasteiger partial charge in [-0.25, -0.2) is 9.18 Å². The average molecular weight is 384 g/mol. The Morgan fingerprint density at radius 3 is 2.79 bits per heavy atom. The molecule has 0 radical (unpaired) electrons. The molecule has 2 aliphatic rings. The van der Waals surface area contributed by atoms with Crippen molar-refractivity contribution in [2.75, 3.05) is 26.8 Å². The minimum absolute atomic E-state index is 0.129. The van der Waals surface area contributed by atoms with E-state index in [1.165, 1.54) is 17.7 Å². The summed E-state index contributed by atoms with van der Waals surface area (Å²) in [5.41, 5.74) is 2.77. The SMILES string of the molecule is COc1cccc2c1C1(CCN(C(=O)NCc3cccc(F)c3)CC1)OCC2. The van der Waals surface area contributed by atoms with Crippen LogP contribution in [0.1, 0.15) is 29.5 Å². The topological polar surface area (TPSA) is 50.8 Å². The van der Waals surface area contributed by atoms with Crippen LogP contribution in [0.5, 0.6) is 5.75 Å². The number of piperidine rings is 1. The smallest absolute Gasteiger partial charge is 0.317 e. The highest BCUT2D eigenvalue weighted by molar-refractivity contribution is 5.74. The maximum Gasteiger partial charge on any atom is 0.317 e. The molecule has 0 bridgehead atoms. The number of hydrogen-bond donors (Lipinski definition) is 1. The van der Waals surface area contributed by atoms with Crippen LogP contribution in [-0.4, -0.2) is 37.7 Å². The summed E-state index contributed by atoms with van der Waals surface area (Å²) in [6, 6.07) is 12.3. The number of nitrogens with one attached hydrogen (secondary N) is 1. The number of benzene rings is 2. The summed E-state index contributed by atoms with van der Waals surface area (Å²) in [7, 11) is 1.69. The molecule has 0 aliphatic carbocycles. The van der Waals surface area contributed by atoms with Gasteiger partial charge in [0.05, 0.1) is 13.7 Å². The minimum Gasteiger partial charge on any atom is -0.496 e. The molecule has 2 amide bonds. The first-order valence-corrected chi connectivity index (χ1v) is 9.69. The number of ether oxygens (including phenoxy) is 2. The number of carbonyl (C=O) groups is 1. The molecule has 1 N–H and O–H groups in total. The van der Waals surface area contributed by atoms with Gasteiger partial charge in [0.2, 0.25) is 0 Å². The van der Waals surface area contributed by atoms with Crippen LogP contribution in [0.25, 0.3) is 0 Å². The van der Waals surface area contributed by atoms with Gasteiger partial charge in [-0.2, -0.15) is 0 Å². The maximum atomic E-state index is 13.3. The van der Waals surface area contributed by atoms with E-state index in [0.717, 1.165) is 36.1 Å². The number of halogens is 1. The van der Waals surface area contributed by atoms with Crippen LogP contribution in [0.4, 0.5) is 9.18 Å². The molecule has 1 spiro atoms. The number of nitrogens with zero attached hydrogens (tertiary/aromatic N) is 1. The minimum atomic E-state index is -0.389. The van der Waals surface area contributed by atoms with Crippen molar-refractivity contribution in [2.45, 2.75) is 31.4 Å². The van der Waals surface area contributed by atoms with Gasteiger partial charge in [0.15, 0.2) is 0 Å². The molecule has 1 fully saturated rings. The van der Waals surface area contributed by atoms with Crippen molar-refractivity contribution >= 4 is 6.03 Å². The Kier molecular flexibility index (Phi) is 5.22. The van der Waals surface area contributed by atoms with Crippen LogP contribution in [0, 0.1) is 5.82 Å². The van der Waals surface area contributed by atoms with E-state index in [0.29, 0.717) is 26.2 Å². The van der Waals surface area contributed by atoms with Gasteiger partial charge in [0.25, 0.3) is 0 Å². The molecule has 4 rings (SSSR count). The van der Waals surface area contributed by atoms with Crippen LogP contribution in [-0.2, 0) is 23.3 Å². The highest BCUT2D eigenvalue weighted by Crippen LogP contribution is 2.45. The number of methoxy groups -OCH3 is 1. The zero-order chi connectivity index (χ0) is 19.6. The van der Waals surface area contributed by atoms with E-state index >= 15 is 0 Å². The summed E-state index contributed by atoms with van der Waals surface area (Å²) in [4.78, 5) is 14.4. The van der Waals surface area contributed by atoms with Crippen LogP contribution in [0.2, 0.25) is 0 Å². The van der Waals surface area contributed by atoms with Gasteiger partial charge in [0, 0.05) is 25.2 Å². The van der Waals surface area contributed by atoms with E-state index in [1.54, 1.807) is 24.1 Å². The summed E-state index contributed by atoms with van der Waals surface area (Å²) < 4.78 is 25.2. The third-order valence-electron chi connectivity index (χ3n) is 5.73. The van der Waals surface area contributed by atoms with Crippen molar-refractivity contribution in [1.82, 2.24) is 10.2 Å². The molecular formula is C22H25FN2O3. The second-order valence-electron chi connectivity index (χ2n) is 7.36. The predicted molar refractivity (Wildman–Crippen MR) is 104 cm³/mol. The highest BCUT2D eigenvalue weighted by Gasteiger charge is 2.43. The third kappa shape index (κ3) is 3.56. The van der Waals surface area contributed by atoms with Gasteiger partial charge in [-0.05, 0) is 48.6 Å². The molecule has 2 heterocycles. The molecule has 0 atom stereocenters. The van der Waals surface area contributed by atoms with Gasteiger partial charge in [0.1, 0.15) is 17.2 Å². The van der Waals surface area contributed by atoms with Crippen LogP contribution in [0.3, 0.4) is 0 Å². The molecule has 2 aliphatic heterocycles. The lowest BCUT2D eigenvalue weighted by Crippen LogP contribution is -2.50. The molecule has 2 aromatic rings. The molecule has 6 heteroatoms. The van der Waals surface area contributed by atoms with Crippen molar-refractivity contribution in [3.8, 4) is 5.75 Å². The van der Waals surface area contributed by atoms with Gasteiger partial charge in [-0.3, -0.25) is 0 Å². The first kappa shape index (κ1) is 18.7. The van der Waals surface area contributed by atoms with Crippen LogP contribution < -0.4 is 10.1 Å². The fourth-order valence-electron chi connectivity index (χ4n) is 4.30. The third-order valence-corrected chi connectivity index (χ3v) is 5.73. The van der Waals surface area contributed by atoms with Crippen LogP contribution in [0.15, 0.2) is 42.5 Å². The number of fused-ring (bicyclic) bond motifs is 2. The number of likely N-dealkylation sites (tertiary alicyclic amines) is 1. The molecule has 28 heavy (non-hydrogen) atoms. The van der Waals surface area contributed by atoms with E-state index in [1.807, 2.05) is 12.1 Å². The van der Waals surface area contributed by atoms with Crippen LogP contribution >= 0.6 is 0 Å². The number of rotatable bonds is 3. The van der Waals surface area contributed by atoms with E-state index < -0.39 is 0 Å². The van der Waals surface area contributed by atoms with E-state index in [2.05, 4.69) is 11.4 Å². The summed E-state index contributed by atoms with van der Waals surface area (Å²) >= 11 is 0. The quantitative estimate of drug-likeness (QED) is 0.880. The molecule has 1 saturated heterocycles. The first-order chi connectivity index (χ1) is 13.6. The lowest BCUT2D eigenvalue weighted by Gasteiger charge is -2.45. The summed E-state index contributed by atoms with van der Waals surface area (Å²) in [6.45, 7) is 2.20.